The number of nitrogens with two attached hydrogens (primary N) is 4. The zero-order valence-electron chi connectivity index (χ0n) is 12.2. The van der Waals surface area contributed by atoms with Crippen LogP contribution in [0.4, 0.5) is 23.5 Å². The standard InChI is InChI=1S/2C6H6N6/c7-4-3-1-9-2-10-5(3)12-6(8)11-4;7-4-3-5(10-2-1-9-3)12-6(8)11-4/h1-2H,(H4,7,8,9,10,11,12);1-2H,(H4,7,8,10,11,12). The smallest absolute Gasteiger partial charge is 0.224 e. The first kappa shape index (κ1) is 15.0. The van der Waals surface area contributed by atoms with E-state index in [1.54, 1.807) is 6.20 Å². The fraction of sp³-hybridized carbons (Fsp3) is 0. The van der Waals surface area contributed by atoms with Gasteiger partial charge in [-0.15, -0.1) is 0 Å². The summed E-state index contributed by atoms with van der Waals surface area (Å²) in [6.07, 6.45) is 5.98. The van der Waals surface area contributed by atoms with Crippen molar-refractivity contribution in [3.63, 3.8) is 0 Å². The van der Waals surface area contributed by atoms with Crippen LogP contribution in [0.1, 0.15) is 0 Å². The van der Waals surface area contributed by atoms with E-state index >= 15 is 0 Å². The van der Waals surface area contributed by atoms with E-state index in [1.165, 1.54) is 18.7 Å². The third-order valence-electron chi connectivity index (χ3n) is 2.80. The molecule has 0 spiro atoms. The van der Waals surface area contributed by atoms with E-state index in [-0.39, 0.29) is 17.7 Å². The molecular formula is C12H12N12. The van der Waals surface area contributed by atoms with Crippen LogP contribution in [-0.4, -0.2) is 39.9 Å². The van der Waals surface area contributed by atoms with Crippen molar-refractivity contribution in [3.05, 3.63) is 24.9 Å². The van der Waals surface area contributed by atoms with Crippen molar-refractivity contribution >= 4 is 45.7 Å². The van der Waals surface area contributed by atoms with Gasteiger partial charge in [-0.05, 0) is 0 Å². The molecule has 12 nitrogen and oxygen atoms in total. The van der Waals surface area contributed by atoms with Crippen LogP contribution in [0.15, 0.2) is 24.9 Å². The number of aromatic nitrogens is 8. The summed E-state index contributed by atoms with van der Waals surface area (Å²) in [5.74, 6) is 0.794. The van der Waals surface area contributed by atoms with Gasteiger partial charge in [0, 0.05) is 18.6 Å². The van der Waals surface area contributed by atoms with E-state index in [4.69, 9.17) is 22.9 Å². The zero-order valence-corrected chi connectivity index (χ0v) is 12.2. The lowest BCUT2D eigenvalue weighted by Crippen LogP contribution is -2.02. The second kappa shape index (κ2) is 6.04. The fourth-order valence-corrected chi connectivity index (χ4v) is 1.81. The molecule has 0 amide bonds. The molecule has 24 heavy (non-hydrogen) atoms. The second-order valence-electron chi connectivity index (χ2n) is 4.42. The third-order valence-corrected chi connectivity index (χ3v) is 2.80. The highest BCUT2D eigenvalue weighted by atomic mass is 15.1. The molecule has 0 radical (unpaired) electrons. The van der Waals surface area contributed by atoms with Gasteiger partial charge in [0.15, 0.2) is 17.1 Å². The highest BCUT2D eigenvalue weighted by molar-refractivity contribution is 5.84. The van der Waals surface area contributed by atoms with Crippen LogP contribution in [-0.2, 0) is 0 Å². The van der Waals surface area contributed by atoms with Crippen molar-refractivity contribution in [1.29, 1.82) is 0 Å². The maximum Gasteiger partial charge on any atom is 0.224 e. The molecule has 4 heterocycles. The van der Waals surface area contributed by atoms with Gasteiger partial charge < -0.3 is 22.9 Å². The van der Waals surface area contributed by atoms with Crippen LogP contribution in [0.2, 0.25) is 0 Å². The molecule has 4 aromatic rings. The summed E-state index contributed by atoms with van der Waals surface area (Å²) in [7, 11) is 0. The predicted octanol–water partition coefficient (Wildman–Crippen LogP) is -0.832. The Morgan fingerprint density at radius 3 is 2.12 bits per heavy atom. The van der Waals surface area contributed by atoms with Crippen molar-refractivity contribution < 1.29 is 0 Å². The van der Waals surface area contributed by atoms with E-state index in [0.717, 1.165) is 0 Å². The summed E-state index contributed by atoms with van der Waals surface area (Å²) >= 11 is 0. The van der Waals surface area contributed by atoms with Crippen LogP contribution in [0, 0.1) is 0 Å². The molecule has 0 aliphatic heterocycles. The molecule has 4 rings (SSSR count). The van der Waals surface area contributed by atoms with Crippen molar-refractivity contribution in [1.82, 2.24) is 39.9 Å². The first-order valence-electron chi connectivity index (χ1n) is 6.53. The Bertz CT molecular complexity index is 934. The molecule has 0 aliphatic carbocycles. The lowest BCUT2D eigenvalue weighted by atomic mass is 10.4. The second-order valence-corrected chi connectivity index (χ2v) is 4.42. The van der Waals surface area contributed by atoms with Gasteiger partial charge in [-0.2, -0.15) is 19.9 Å². The molecule has 0 aromatic carbocycles. The number of rotatable bonds is 0. The Morgan fingerprint density at radius 1 is 0.667 bits per heavy atom. The summed E-state index contributed by atoms with van der Waals surface area (Å²) < 4.78 is 0. The number of nitrogens with zero attached hydrogens (tertiary/aromatic N) is 8. The summed E-state index contributed by atoms with van der Waals surface area (Å²) in [4.78, 5) is 30.8. The highest BCUT2D eigenvalue weighted by Gasteiger charge is 2.03. The van der Waals surface area contributed by atoms with Gasteiger partial charge in [0.25, 0.3) is 0 Å². The van der Waals surface area contributed by atoms with E-state index in [1.807, 2.05) is 0 Å². The number of anilines is 4. The molecule has 0 saturated heterocycles. The lowest BCUT2D eigenvalue weighted by molar-refractivity contribution is 1.15. The lowest BCUT2D eigenvalue weighted by Gasteiger charge is -1.98. The first-order valence-corrected chi connectivity index (χ1v) is 6.53. The minimum Gasteiger partial charge on any atom is -0.383 e. The van der Waals surface area contributed by atoms with Gasteiger partial charge in [-0.3, -0.25) is 0 Å². The molecule has 12 heteroatoms. The van der Waals surface area contributed by atoms with Crippen molar-refractivity contribution in [3.8, 4) is 0 Å². The Morgan fingerprint density at radius 2 is 1.33 bits per heavy atom. The van der Waals surface area contributed by atoms with Gasteiger partial charge in [0.1, 0.15) is 17.7 Å². The monoisotopic (exact) mass is 324 g/mol. The summed E-state index contributed by atoms with van der Waals surface area (Å²) in [5, 5.41) is 0.617. The molecule has 0 aliphatic rings. The molecule has 0 bridgehead atoms. The Kier molecular flexibility index (Phi) is 3.76. The Balaban J connectivity index is 0.000000141. The van der Waals surface area contributed by atoms with E-state index in [9.17, 15) is 0 Å². The van der Waals surface area contributed by atoms with Crippen LogP contribution < -0.4 is 22.9 Å². The number of hydrogen-bond acceptors (Lipinski definition) is 12. The van der Waals surface area contributed by atoms with Crippen LogP contribution in [0.3, 0.4) is 0 Å². The molecule has 120 valence electrons. The molecule has 4 aromatic heterocycles. The van der Waals surface area contributed by atoms with Gasteiger partial charge in [0.05, 0.1) is 5.39 Å². The Hall–Kier alpha value is -3.96. The molecule has 8 N–H and O–H groups in total. The molecule has 0 atom stereocenters. The Labute approximate surface area is 134 Å². The number of fused-ring (bicyclic) bond motifs is 2. The van der Waals surface area contributed by atoms with Crippen LogP contribution >= 0.6 is 0 Å². The normalized spacial score (nSPS) is 10.3. The molecule has 0 unspecified atom stereocenters. The molecule has 0 fully saturated rings. The SMILES string of the molecule is Nc1nc(N)c2cncnc2n1.Nc1nc(N)c2nccnc2n1. The van der Waals surface area contributed by atoms with Gasteiger partial charge in [-0.1, -0.05) is 0 Å². The summed E-state index contributed by atoms with van der Waals surface area (Å²) in [6.45, 7) is 0. The zero-order chi connectivity index (χ0) is 17.1. The predicted molar refractivity (Wildman–Crippen MR) is 87.9 cm³/mol. The average Bonchev–Trinajstić information content (AvgIpc) is 2.55. The van der Waals surface area contributed by atoms with E-state index < -0.39 is 0 Å². The van der Waals surface area contributed by atoms with Crippen molar-refractivity contribution in [2.24, 2.45) is 0 Å². The van der Waals surface area contributed by atoms with E-state index in [0.29, 0.717) is 28.0 Å². The van der Waals surface area contributed by atoms with Crippen molar-refractivity contribution in [2.45, 2.75) is 0 Å². The highest BCUT2D eigenvalue weighted by Crippen LogP contribution is 2.14. The van der Waals surface area contributed by atoms with Crippen LogP contribution in [0.25, 0.3) is 22.2 Å². The first-order chi connectivity index (χ1) is 11.5. The summed E-state index contributed by atoms with van der Waals surface area (Å²) in [6, 6.07) is 0. The summed E-state index contributed by atoms with van der Waals surface area (Å²) in [5.41, 5.74) is 23.2. The molecular weight excluding hydrogens is 312 g/mol. The number of hydrogen-bond donors (Lipinski definition) is 4. The quantitative estimate of drug-likeness (QED) is 0.312. The minimum atomic E-state index is 0.112. The fourth-order valence-electron chi connectivity index (χ4n) is 1.81. The van der Waals surface area contributed by atoms with Gasteiger partial charge in [0.2, 0.25) is 11.9 Å². The topological polar surface area (TPSA) is 207 Å². The van der Waals surface area contributed by atoms with Gasteiger partial charge >= 0.3 is 0 Å². The average molecular weight is 324 g/mol. The largest absolute Gasteiger partial charge is 0.383 e. The third kappa shape index (κ3) is 2.96. The van der Waals surface area contributed by atoms with Crippen molar-refractivity contribution in [2.75, 3.05) is 22.9 Å². The van der Waals surface area contributed by atoms with Crippen LogP contribution in [0.5, 0.6) is 0 Å². The number of nitrogen functional groups attached to an aromatic ring is 4. The van der Waals surface area contributed by atoms with E-state index in [2.05, 4.69) is 39.9 Å². The molecule has 0 saturated carbocycles. The maximum absolute atomic E-state index is 5.55. The van der Waals surface area contributed by atoms with Gasteiger partial charge in [-0.25, -0.2) is 19.9 Å². The maximum atomic E-state index is 5.55. The minimum absolute atomic E-state index is 0.112.